The summed E-state index contributed by atoms with van der Waals surface area (Å²) >= 11 is 0. The maximum Gasteiger partial charge on any atom is 0.160 e. The summed E-state index contributed by atoms with van der Waals surface area (Å²) in [6, 6.07) is 51.4. The van der Waals surface area contributed by atoms with Crippen LogP contribution in [0.4, 0.5) is 0 Å². The van der Waals surface area contributed by atoms with E-state index in [1.54, 1.807) is 0 Å². The minimum absolute atomic E-state index is 0.612. The number of rotatable bonds is 4. The van der Waals surface area contributed by atoms with E-state index in [4.69, 9.17) is 14.4 Å². The first-order chi connectivity index (χ1) is 22.7. The van der Waals surface area contributed by atoms with Crippen LogP contribution in [0.2, 0.25) is 0 Å². The number of aromatic nitrogens is 3. The molecule has 0 aliphatic carbocycles. The van der Waals surface area contributed by atoms with Gasteiger partial charge in [-0.2, -0.15) is 5.26 Å². The van der Waals surface area contributed by atoms with Gasteiger partial charge in [0.25, 0.3) is 0 Å². The van der Waals surface area contributed by atoms with Gasteiger partial charge in [0.05, 0.1) is 34.1 Å². The summed E-state index contributed by atoms with van der Waals surface area (Å²) < 4.78 is 8.59. The van der Waals surface area contributed by atoms with Crippen molar-refractivity contribution in [2.45, 2.75) is 0 Å². The molecule has 0 atom stereocenters. The molecule has 0 N–H and O–H groups in total. The Bertz CT molecular complexity index is 2640. The van der Waals surface area contributed by atoms with Crippen LogP contribution in [0.1, 0.15) is 5.56 Å². The van der Waals surface area contributed by atoms with E-state index < -0.39 is 0 Å². The lowest BCUT2D eigenvalue weighted by molar-refractivity contribution is 0.669. The summed E-state index contributed by atoms with van der Waals surface area (Å²) in [6.07, 6.45) is 0. The van der Waals surface area contributed by atoms with Gasteiger partial charge in [0.1, 0.15) is 11.2 Å². The SMILES string of the molecule is N#Cc1ccc(-c2cc(-c3ccccc3)nc(-c3cccc(-n4c5ccccc5c5cc6oc7ccccc7c6cc54)c3)n2)cc1. The predicted molar refractivity (Wildman–Crippen MR) is 185 cm³/mol. The van der Waals surface area contributed by atoms with Gasteiger partial charge in [-0.1, -0.05) is 91.0 Å². The molecular formula is C41H24N4O. The quantitative estimate of drug-likeness (QED) is 0.205. The third-order valence-electron chi connectivity index (χ3n) is 8.64. The van der Waals surface area contributed by atoms with Crippen LogP contribution >= 0.6 is 0 Å². The monoisotopic (exact) mass is 588 g/mol. The average molecular weight is 589 g/mol. The fourth-order valence-corrected chi connectivity index (χ4v) is 6.45. The Morgan fingerprint density at radius 1 is 0.500 bits per heavy atom. The van der Waals surface area contributed by atoms with Gasteiger partial charge in [0.2, 0.25) is 0 Å². The van der Waals surface area contributed by atoms with E-state index in [0.717, 1.165) is 77.5 Å². The minimum Gasteiger partial charge on any atom is -0.456 e. The Balaban J connectivity index is 1.26. The summed E-state index contributed by atoms with van der Waals surface area (Å²) in [7, 11) is 0. The molecule has 3 aromatic heterocycles. The fourth-order valence-electron chi connectivity index (χ4n) is 6.45. The molecule has 0 unspecified atom stereocenters. The summed E-state index contributed by atoms with van der Waals surface area (Å²) in [6.45, 7) is 0. The second kappa shape index (κ2) is 10.3. The van der Waals surface area contributed by atoms with Crippen LogP contribution in [-0.4, -0.2) is 14.5 Å². The van der Waals surface area contributed by atoms with E-state index in [-0.39, 0.29) is 0 Å². The van der Waals surface area contributed by atoms with E-state index >= 15 is 0 Å². The number of para-hydroxylation sites is 2. The van der Waals surface area contributed by atoms with Crippen LogP contribution in [0.25, 0.3) is 83.3 Å². The first-order valence-corrected chi connectivity index (χ1v) is 15.1. The summed E-state index contributed by atoms with van der Waals surface area (Å²) in [5.41, 5.74) is 10.1. The van der Waals surface area contributed by atoms with Crippen LogP contribution < -0.4 is 0 Å². The smallest absolute Gasteiger partial charge is 0.160 e. The molecule has 46 heavy (non-hydrogen) atoms. The van der Waals surface area contributed by atoms with Gasteiger partial charge in [-0.05, 0) is 54.6 Å². The van der Waals surface area contributed by atoms with Crippen LogP contribution in [0.5, 0.6) is 0 Å². The van der Waals surface area contributed by atoms with E-state index in [2.05, 4.69) is 95.6 Å². The lowest BCUT2D eigenvalue weighted by atomic mass is 10.1. The average Bonchev–Trinajstić information content (AvgIpc) is 3.65. The molecule has 0 saturated heterocycles. The van der Waals surface area contributed by atoms with Crippen molar-refractivity contribution in [2.24, 2.45) is 0 Å². The Morgan fingerprint density at radius 2 is 1.20 bits per heavy atom. The molecule has 0 aliphatic heterocycles. The molecule has 9 rings (SSSR count). The molecule has 0 saturated carbocycles. The first kappa shape index (κ1) is 25.9. The van der Waals surface area contributed by atoms with E-state index in [0.29, 0.717) is 11.4 Å². The van der Waals surface area contributed by atoms with Gasteiger partial charge < -0.3 is 8.98 Å². The topological polar surface area (TPSA) is 67.6 Å². The van der Waals surface area contributed by atoms with E-state index in [9.17, 15) is 5.26 Å². The maximum atomic E-state index is 9.33. The number of hydrogen-bond acceptors (Lipinski definition) is 4. The molecule has 0 radical (unpaired) electrons. The highest BCUT2D eigenvalue weighted by Gasteiger charge is 2.17. The van der Waals surface area contributed by atoms with Crippen molar-refractivity contribution >= 4 is 43.7 Å². The molecule has 0 amide bonds. The lowest BCUT2D eigenvalue weighted by Crippen LogP contribution is -1.98. The van der Waals surface area contributed by atoms with E-state index in [1.807, 2.05) is 60.7 Å². The van der Waals surface area contributed by atoms with Gasteiger partial charge >= 0.3 is 0 Å². The number of hydrogen-bond donors (Lipinski definition) is 0. The van der Waals surface area contributed by atoms with Crippen molar-refractivity contribution in [1.82, 2.24) is 14.5 Å². The molecule has 6 aromatic carbocycles. The van der Waals surface area contributed by atoms with Crippen LogP contribution in [0.3, 0.4) is 0 Å². The number of nitriles is 1. The third kappa shape index (κ3) is 4.16. The van der Waals surface area contributed by atoms with Crippen molar-refractivity contribution in [1.29, 1.82) is 5.26 Å². The second-order valence-electron chi connectivity index (χ2n) is 11.4. The van der Waals surface area contributed by atoms with Crippen molar-refractivity contribution in [3.8, 4) is 45.7 Å². The number of benzene rings is 6. The predicted octanol–water partition coefficient (Wildman–Crippen LogP) is 10.3. The molecule has 0 aliphatic rings. The van der Waals surface area contributed by atoms with E-state index in [1.165, 1.54) is 0 Å². The molecule has 214 valence electrons. The van der Waals surface area contributed by atoms with Crippen molar-refractivity contribution in [2.75, 3.05) is 0 Å². The minimum atomic E-state index is 0.612. The zero-order chi connectivity index (χ0) is 30.6. The molecule has 5 nitrogen and oxygen atoms in total. The van der Waals surface area contributed by atoms with Crippen LogP contribution in [0.15, 0.2) is 150 Å². The lowest BCUT2D eigenvalue weighted by Gasteiger charge is -2.12. The molecule has 9 aromatic rings. The Kier molecular flexibility index (Phi) is 5.81. The second-order valence-corrected chi connectivity index (χ2v) is 11.4. The van der Waals surface area contributed by atoms with Crippen molar-refractivity contribution < 1.29 is 4.42 Å². The van der Waals surface area contributed by atoms with Crippen LogP contribution in [0, 0.1) is 11.3 Å². The van der Waals surface area contributed by atoms with Gasteiger partial charge in [0.15, 0.2) is 5.82 Å². The fraction of sp³-hybridized carbons (Fsp3) is 0. The number of fused-ring (bicyclic) bond motifs is 6. The third-order valence-corrected chi connectivity index (χ3v) is 8.64. The van der Waals surface area contributed by atoms with Crippen molar-refractivity contribution in [3.63, 3.8) is 0 Å². The number of furan rings is 1. The maximum absolute atomic E-state index is 9.33. The Morgan fingerprint density at radius 3 is 2.00 bits per heavy atom. The summed E-state index contributed by atoms with van der Waals surface area (Å²) in [5.74, 6) is 0.631. The summed E-state index contributed by atoms with van der Waals surface area (Å²) in [5, 5.41) is 13.8. The largest absolute Gasteiger partial charge is 0.456 e. The van der Waals surface area contributed by atoms with Crippen molar-refractivity contribution in [3.05, 3.63) is 151 Å². The summed E-state index contributed by atoms with van der Waals surface area (Å²) in [4.78, 5) is 10.1. The Labute approximate surface area is 264 Å². The zero-order valence-electron chi connectivity index (χ0n) is 24.6. The standard InChI is InChI=1S/C41H24N4O/c42-25-26-17-19-28(20-18-26)36-24-35(27-9-2-1-3-10-27)43-41(44-36)29-11-8-12-30(21-29)45-37-15-6-4-13-31(37)33-23-40-34(22-38(33)45)32-14-5-7-16-39(32)46-40/h1-24H. The molecule has 3 heterocycles. The van der Waals surface area contributed by atoms with Crippen LogP contribution in [-0.2, 0) is 0 Å². The highest BCUT2D eigenvalue weighted by atomic mass is 16.3. The van der Waals surface area contributed by atoms with Gasteiger partial charge in [-0.15, -0.1) is 0 Å². The first-order valence-electron chi connectivity index (χ1n) is 15.1. The van der Waals surface area contributed by atoms with Gasteiger partial charge in [0, 0.05) is 43.9 Å². The molecule has 0 bridgehead atoms. The molecule has 0 fully saturated rings. The zero-order valence-corrected chi connectivity index (χ0v) is 24.6. The molecule has 5 heteroatoms. The van der Waals surface area contributed by atoms with Gasteiger partial charge in [-0.3, -0.25) is 0 Å². The highest BCUT2D eigenvalue weighted by molar-refractivity contribution is 6.17. The molecular weight excluding hydrogens is 564 g/mol. The normalized spacial score (nSPS) is 11.5. The number of nitrogens with zero attached hydrogens (tertiary/aromatic N) is 4. The molecule has 0 spiro atoms. The van der Waals surface area contributed by atoms with Gasteiger partial charge in [-0.25, -0.2) is 9.97 Å². The highest BCUT2D eigenvalue weighted by Crippen LogP contribution is 2.38. The Hall–Kier alpha value is -6.51.